The third kappa shape index (κ3) is 2.71. The zero-order valence-corrected chi connectivity index (χ0v) is 9.67. The summed E-state index contributed by atoms with van der Waals surface area (Å²) < 4.78 is 0. The first-order valence-corrected chi connectivity index (χ1v) is 5.01. The molecule has 0 bridgehead atoms. The Hall–Kier alpha value is -0.570. The molecular weight excluding hydrogens is 196 g/mol. The summed E-state index contributed by atoms with van der Waals surface area (Å²) >= 11 is 6.06. The van der Waals surface area contributed by atoms with E-state index in [4.69, 9.17) is 17.3 Å². The molecule has 3 heteroatoms. The zero-order valence-electron chi connectivity index (χ0n) is 8.92. The van der Waals surface area contributed by atoms with E-state index in [2.05, 4.69) is 0 Å². The van der Waals surface area contributed by atoms with Crippen LogP contribution in [0.15, 0.2) is 24.3 Å². The fourth-order valence-corrected chi connectivity index (χ4v) is 1.39. The van der Waals surface area contributed by atoms with Gasteiger partial charge < -0.3 is 5.73 Å². The molecule has 78 valence electrons. The smallest absolute Gasteiger partial charge is 0.0695 e. The van der Waals surface area contributed by atoms with Crippen molar-refractivity contribution in [2.75, 3.05) is 14.1 Å². The summed E-state index contributed by atoms with van der Waals surface area (Å²) in [5, 5.41) is 0.783. The summed E-state index contributed by atoms with van der Waals surface area (Å²) in [6.45, 7) is 2.00. The molecule has 2 N–H and O–H groups in total. The highest BCUT2D eigenvalue weighted by atomic mass is 35.5. The molecule has 0 heterocycles. The minimum absolute atomic E-state index is 0.356. The quantitative estimate of drug-likeness (QED) is 0.778. The number of hydrogen-bond acceptors (Lipinski definition) is 2. The lowest BCUT2D eigenvalue weighted by molar-refractivity contribution is 0.180. The van der Waals surface area contributed by atoms with E-state index in [-0.39, 0.29) is 5.66 Å². The third-order valence-electron chi connectivity index (χ3n) is 2.53. The normalized spacial score (nSPS) is 15.6. The minimum Gasteiger partial charge on any atom is -0.313 e. The maximum Gasteiger partial charge on any atom is 0.0695 e. The predicted octanol–water partition coefficient (Wildman–Crippen LogP) is 2.12. The Kier molecular flexibility index (Phi) is 3.53. The highest BCUT2D eigenvalue weighted by Gasteiger charge is 2.22. The summed E-state index contributed by atoms with van der Waals surface area (Å²) in [5.74, 6) is 0. The molecule has 1 aromatic carbocycles. The van der Waals surface area contributed by atoms with Crippen molar-refractivity contribution in [2.24, 2.45) is 5.73 Å². The second-order valence-electron chi connectivity index (χ2n) is 4.02. The van der Waals surface area contributed by atoms with Gasteiger partial charge in [-0.1, -0.05) is 29.8 Å². The molecule has 0 aliphatic rings. The number of hydrogen-bond donors (Lipinski definition) is 1. The predicted molar refractivity (Wildman–Crippen MR) is 61.4 cm³/mol. The van der Waals surface area contributed by atoms with Crippen LogP contribution in [0.2, 0.25) is 5.02 Å². The molecule has 0 fully saturated rings. The molecule has 0 aromatic heterocycles. The topological polar surface area (TPSA) is 29.3 Å². The largest absolute Gasteiger partial charge is 0.313 e. The number of benzene rings is 1. The van der Waals surface area contributed by atoms with E-state index in [1.807, 2.05) is 50.2 Å². The van der Waals surface area contributed by atoms with Gasteiger partial charge in [-0.05, 0) is 32.6 Å². The van der Waals surface area contributed by atoms with Crippen molar-refractivity contribution >= 4 is 11.6 Å². The number of nitrogens with two attached hydrogens (primary N) is 1. The van der Waals surface area contributed by atoms with Crippen LogP contribution in [0, 0.1) is 0 Å². The fourth-order valence-electron chi connectivity index (χ4n) is 1.19. The van der Waals surface area contributed by atoms with E-state index in [0.29, 0.717) is 0 Å². The van der Waals surface area contributed by atoms with Crippen molar-refractivity contribution < 1.29 is 0 Å². The van der Waals surface area contributed by atoms with Crippen molar-refractivity contribution in [2.45, 2.75) is 19.0 Å². The van der Waals surface area contributed by atoms with E-state index >= 15 is 0 Å². The Labute approximate surface area is 90.7 Å². The van der Waals surface area contributed by atoms with Crippen LogP contribution >= 0.6 is 11.6 Å². The monoisotopic (exact) mass is 212 g/mol. The Bertz CT molecular complexity index is 308. The maximum atomic E-state index is 6.13. The van der Waals surface area contributed by atoms with Gasteiger partial charge in [-0.2, -0.15) is 0 Å². The summed E-state index contributed by atoms with van der Waals surface area (Å²) in [5.41, 5.74) is 6.86. The molecular formula is C11H17ClN2. The van der Waals surface area contributed by atoms with Crippen LogP contribution < -0.4 is 5.73 Å². The molecule has 2 nitrogen and oxygen atoms in total. The second kappa shape index (κ2) is 4.30. The summed E-state index contributed by atoms with van der Waals surface area (Å²) in [4.78, 5) is 2.00. The molecule has 1 aromatic rings. The molecule has 0 amide bonds. The van der Waals surface area contributed by atoms with Crippen LogP contribution in [0.5, 0.6) is 0 Å². The van der Waals surface area contributed by atoms with Crippen LogP contribution in [0.3, 0.4) is 0 Å². The van der Waals surface area contributed by atoms with Crippen molar-refractivity contribution in [1.29, 1.82) is 0 Å². The molecule has 0 spiro atoms. The van der Waals surface area contributed by atoms with E-state index < -0.39 is 0 Å². The first-order valence-electron chi connectivity index (χ1n) is 4.63. The van der Waals surface area contributed by atoms with Gasteiger partial charge in [0, 0.05) is 11.4 Å². The van der Waals surface area contributed by atoms with Crippen molar-refractivity contribution in [3.63, 3.8) is 0 Å². The molecule has 1 unspecified atom stereocenters. The average molecular weight is 213 g/mol. The number of halogens is 1. The third-order valence-corrected chi connectivity index (χ3v) is 2.90. The van der Waals surface area contributed by atoms with Gasteiger partial charge in [0.2, 0.25) is 0 Å². The van der Waals surface area contributed by atoms with Gasteiger partial charge in [0.1, 0.15) is 0 Å². The molecule has 0 radical (unpaired) electrons. The second-order valence-corrected chi connectivity index (χ2v) is 4.43. The van der Waals surface area contributed by atoms with Crippen LogP contribution in [0.25, 0.3) is 0 Å². The van der Waals surface area contributed by atoms with Crippen molar-refractivity contribution in [3.05, 3.63) is 34.9 Å². The van der Waals surface area contributed by atoms with Gasteiger partial charge in [0.15, 0.2) is 0 Å². The SMILES string of the molecule is CN(C)C(C)(N)Cc1ccccc1Cl. The number of likely N-dealkylation sites (N-methyl/N-ethyl adjacent to an activating group) is 1. The van der Waals surface area contributed by atoms with Crippen LogP contribution in [0.1, 0.15) is 12.5 Å². The van der Waals surface area contributed by atoms with Gasteiger partial charge in [-0.25, -0.2) is 0 Å². The van der Waals surface area contributed by atoms with E-state index in [1.54, 1.807) is 0 Å². The maximum absolute atomic E-state index is 6.13. The van der Waals surface area contributed by atoms with Gasteiger partial charge in [0.25, 0.3) is 0 Å². The molecule has 1 atom stereocenters. The van der Waals surface area contributed by atoms with E-state index in [1.165, 1.54) is 0 Å². The van der Waals surface area contributed by atoms with Gasteiger partial charge in [0.05, 0.1) is 5.66 Å². The molecule has 0 saturated carbocycles. The molecule has 0 saturated heterocycles. The number of rotatable bonds is 3. The Morgan fingerprint density at radius 1 is 1.36 bits per heavy atom. The summed E-state index contributed by atoms with van der Waals surface area (Å²) in [7, 11) is 3.94. The van der Waals surface area contributed by atoms with Crippen LogP contribution in [-0.2, 0) is 6.42 Å². The van der Waals surface area contributed by atoms with Gasteiger partial charge in [-0.15, -0.1) is 0 Å². The van der Waals surface area contributed by atoms with Gasteiger partial charge >= 0.3 is 0 Å². The van der Waals surface area contributed by atoms with E-state index in [9.17, 15) is 0 Å². The van der Waals surface area contributed by atoms with Crippen molar-refractivity contribution in [1.82, 2.24) is 4.90 Å². The fraction of sp³-hybridized carbons (Fsp3) is 0.455. The lowest BCUT2D eigenvalue weighted by Gasteiger charge is -2.32. The molecule has 0 aliphatic carbocycles. The Morgan fingerprint density at radius 2 is 1.93 bits per heavy atom. The number of nitrogens with zero attached hydrogens (tertiary/aromatic N) is 1. The first kappa shape index (κ1) is 11.5. The average Bonchev–Trinajstić information content (AvgIpc) is 2.08. The first-order chi connectivity index (χ1) is 6.43. The zero-order chi connectivity index (χ0) is 10.8. The lowest BCUT2D eigenvalue weighted by Crippen LogP contribution is -2.51. The Morgan fingerprint density at radius 3 is 2.43 bits per heavy atom. The van der Waals surface area contributed by atoms with Crippen LogP contribution in [-0.4, -0.2) is 24.7 Å². The molecule has 0 aliphatic heterocycles. The van der Waals surface area contributed by atoms with Crippen molar-refractivity contribution in [3.8, 4) is 0 Å². The summed E-state index contributed by atoms with van der Waals surface area (Å²) in [6.07, 6.45) is 0.750. The standard InChI is InChI=1S/C11H17ClN2/c1-11(13,14(2)3)8-9-6-4-5-7-10(9)12/h4-7H,8,13H2,1-3H3. The van der Waals surface area contributed by atoms with Crippen LogP contribution in [0.4, 0.5) is 0 Å². The highest BCUT2D eigenvalue weighted by molar-refractivity contribution is 6.31. The van der Waals surface area contributed by atoms with E-state index in [0.717, 1.165) is 17.0 Å². The summed E-state index contributed by atoms with van der Waals surface area (Å²) in [6, 6.07) is 7.81. The Balaban J connectivity index is 2.84. The molecule has 1 rings (SSSR count). The minimum atomic E-state index is -0.356. The lowest BCUT2D eigenvalue weighted by atomic mass is 10.0. The molecule has 14 heavy (non-hydrogen) atoms. The van der Waals surface area contributed by atoms with Gasteiger partial charge in [-0.3, -0.25) is 4.90 Å². The highest BCUT2D eigenvalue weighted by Crippen LogP contribution is 2.20.